The number of halogens is 1. The lowest BCUT2D eigenvalue weighted by Gasteiger charge is -2.34. The van der Waals surface area contributed by atoms with Gasteiger partial charge in [-0.2, -0.15) is 0 Å². The van der Waals surface area contributed by atoms with Gasteiger partial charge >= 0.3 is 0 Å². The first-order valence-electron chi connectivity index (χ1n) is 6.49. The van der Waals surface area contributed by atoms with Gasteiger partial charge in [-0.15, -0.1) is 11.3 Å². The summed E-state index contributed by atoms with van der Waals surface area (Å²) < 4.78 is 5.52. The summed E-state index contributed by atoms with van der Waals surface area (Å²) in [5.74, 6) is 0.806. The van der Waals surface area contributed by atoms with Crippen LogP contribution in [0, 0.1) is 0 Å². The van der Waals surface area contributed by atoms with E-state index in [9.17, 15) is 0 Å². The van der Waals surface area contributed by atoms with E-state index in [1.165, 1.54) is 0 Å². The predicted molar refractivity (Wildman–Crippen MR) is 77.7 cm³/mol. The van der Waals surface area contributed by atoms with Crippen LogP contribution in [0.3, 0.4) is 0 Å². The number of nitrogens with zero attached hydrogens (tertiary/aromatic N) is 3. The van der Waals surface area contributed by atoms with Crippen molar-refractivity contribution >= 4 is 33.2 Å². The Bertz CT molecular complexity index is 574. The predicted octanol–water partition coefficient (Wildman–Crippen LogP) is 2.96. The van der Waals surface area contributed by atoms with Crippen LogP contribution < -0.4 is 0 Å². The molecular formula is C13H16ClN3OS. The topological polar surface area (TPSA) is 38.2 Å². The molecule has 0 amide bonds. The van der Waals surface area contributed by atoms with Crippen LogP contribution in [0.2, 0.25) is 5.15 Å². The molecule has 0 spiro atoms. The fourth-order valence-corrected chi connectivity index (χ4v) is 3.48. The van der Waals surface area contributed by atoms with Gasteiger partial charge in [-0.05, 0) is 17.9 Å². The van der Waals surface area contributed by atoms with Gasteiger partial charge in [0.1, 0.15) is 15.8 Å². The molecule has 1 saturated heterocycles. The van der Waals surface area contributed by atoms with E-state index in [0.717, 1.165) is 48.8 Å². The smallest absolute Gasteiger partial charge is 0.145 e. The molecule has 19 heavy (non-hydrogen) atoms. The second-order valence-electron chi connectivity index (χ2n) is 4.68. The Morgan fingerprint density at radius 2 is 2.42 bits per heavy atom. The molecule has 1 aliphatic rings. The molecule has 0 bridgehead atoms. The Labute approximate surface area is 121 Å². The lowest BCUT2D eigenvalue weighted by atomic mass is 10.2. The van der Waals surface area contributed by atoms with Gasteiger partial charge in [0.2, 0.25) is 0 Å². The van der Waals surface area contributed by atoms with Crippen LogP contribution in [0.25, 0.3) is 10.2 Å². The van der Waals surface area contributed by atoms with E-state index in [0.29, 0.717) is 11.2 Å². The number of ether oxygens (including phenoxy) is 1. The van der Waals surface area contributed by atoms with Gasteiger partial charge in [0.15, 0.2) is 0 Å². The van der Waals surface area contributed by atoms with Crippen molar-refractivity contribution in [1.82, 2.24) is 14.9 Å². The highest BCUT2D eigenvalue weighted by molar-refractivity contribution is 7.16. The van der Waals surface area contributed by atoms with Gasteiger partial charge in [0, 0.05) is 18.0 Å². The third kappa shape index (κ3) is 2.74. The van der Waals surface area contributed by atoms with Crippen LogP contribution in [0.4, 0.5) is 0 Å². The minimum absolute atomic E-state index is 0.454. The van der Waals surface area contributed by atoms with Gasteiger partial charge in [0.25, 0.3) is 0 Å². The lowest BCUT2D eigenvalue weighted by molar-refractivity contribution is -0.0137. The Kier molecular flexibility index (Phi) is 3.98. The first-order chi connectivity index (χ1) is 9.28. The van der Waals surface area contributed by atoms with Crippen LogP contribution in [-0.2, 0) is 11.3 Å². The largest absolute Gasteiger partial charge is 0.378 e. The zero-order chi connectivity index (χ0) is 13.2. The van der Waals surface area contributed by atoms with Crippen LogP contribution in [0.5, 0.6) is 0 Å². The fraction of sp³-hybridized carbons (Fsp3) is 0.538. The lowest BCUT2D eigenvalue weighted by Crippen LogP contribution is -2.44. The molecule has 2 aromatic rings. The summed E-state index contributed by atoms with van der Waals surface area (Å²) in [6, 6.07) is 2.42. The normalized spacial score (nSPS) is 21.1. The van der Waals surface area contributed by atoms with E-state index < -0.39 is 0 Å². The number of hydrogen-bond acceptors (Lipinski definition) is 5. The minimum Gasteiger partial charge on any atom is -0.378 e. The van der Waals surface area contributed by atoms with Gasteiger partial charge in [-0.1, -0.05) is 18.5 Å². The summed E-state index contributed by atoms with van der Waals surface area (Å²) in [6.45, 7) is 5.44. The summed E-state index contributed by atoms with van der Waals surface area (Å²) in [5, 5.41) is 3.51. The molecule has 3 heterocycles. The fourth-order valence-electron chi connectivity index (χ4n) is 2.39. The molecule has 0 radical (unpaired) electrons. The van der Waals surface area contributed by atoms with Crippen molar-refractivity contribution in [3.63, 3.8) is 0 Å². The van der Waals surface area contributed by atoms with Crippen LogP contribution in [0.15, 0.2) is 11.4 Å². The van der Waals surface area contributed by atoms with Gasteiger partial charge < -0.3 is 4.74 Å². The zero-order valence-electron chi connectivity index (χ0n) is 10.8. The van der Waals surface area contributed by atoms with Crippen molar-refractivity contribution in [3.8, 4) is 0 Å². The van der Waals surface area contributed by atoms with Gasteiger partial charge in [0.05, 0.1) is 19.8 Å². The maximum atomic E-state index is 6.20. The van der Waals surface area contributed by atoms with Crippen LogP contribution >= 0.6 is 22.9 Å². The summed E-state index contributed by atoms with van der Waals surface area (Å²) >= 11 is 7.81. The third-order valence-corrected chi connectivity index (χ3v) is 4.58. The number of morpholine rings is 1. The summed E-state index contributed by atoms with van der Waals surface area (Å²) in [5.41, 5.74) is 0. The number of fused-ring (bicyclic) bond motifs is 1. The molecule has 1 unspecified atom stereocenters. The molecule has 0 N–H and O–H groups in total. The number of aromatic nitrogens is 2. The highest BCUT2D eigenvalue weighted by atomic mass is 35.5. The first-order valence-corrected chi connectivity index (χ1v) is 7.75. The Balaban J connectivity index is 1.83. The molecule has 0 aliphatic carbocycles. The molecule has 102 valence electrons. The second-order valence-corrected chi connectivity index (χ2v) is 5.93. The monoisotopic (exact) mass is 297 g/mol. The Morgan fingerprint density at radius 1 is 1.53 bits per heavy atom. The number of rotatable bonds is 3. The van der Waals surface area contributed by atoms with Crippen molar-refractivity contribution < 1.29 is 4.74 Å². The van der Waals surface area contributed by atoms with E-state index in [2.05, 4.69) is 21.8 Å². The average molecular weight is 298 g/mol. The third-order valence-electron chi connectivity index (χ3n) is 3.49. The van der Waals surface area contributed by atoms with Crippen molar-refractivity contribution in [2.75, 3.05) is 19.8 Å². The van der Waals surface area contributed by atoms with Crippen molar-refractivity contribution in [1.29, 1.82) is 0 Å². The molecule has 6 heteroatoms. The van der Waals surface area contributed by atoms with Gasteiger partial charge in [-0.3, -0.25) is 4.90 Å². The quantitative estimate of drug-likeness (QED) is 0.817. The molecule has 1 atom stereocenters. The van der Waals surface area contributed by atoms with Crippen molar-refractivity contribution in [2.24, 2.45) is 0 Å². The second kappa shape index (κ2) is 5.71. The summed E-state index contributed by atoms with van der Waals surface area (Å²) in [4.78, 5) is 12.4. The van der Waals surface area contributed by atoms with Crippen LogP contribution in [0.1, 0.15) is 19.2 Å². The highest BCUT2D eigenvalue weighted by Gasteiger charge is 2.22. The van der Waals surface area contributed by atoms with E-state index in [-0.39, 0.29) is 0 Å². The molecule has 4 nitrogen and oxygen atoms in total. The molecule has 2 aromatic heterocycles. The Hall–Kier alpha value is -0.750. The first kappa shape index (κ1) is 13.2. The molecular weight excluding hydrogens is 282 g/mol. The molecule has 0 saturated carbocycles. The number of hydrogen-bond donors (Lipinski definition) is 0. The van der Waals surface area contributed by atoms with Gasteiger partial charge in [-0.25, -0.2) is 9.97 Å². The Morgan fingerprint density at radius 3 is 3.26 bits per heavy atom. The zero-order valence-corrected chi connectivity index (χ0v) is 12.4. The maximum Gasteiger partial charge on any atom is 0.145 e. The molecule has 0 aromatic carbocycles. The summed E-state index contributed by atoms with van der Waals surface area (Å²) in [7, 11) is 0. The molecule has 3 rings (SSSR count). The molecule has 1 aliphatic heterocycles. The summed E-state index contributed by atoms with van der Waals surface area (Å²) in [6.07, 6.45) is 1.08. The van der Waals surface area contributed by atoms with E-state index >= 15 is 0 Å². The minimum atomic E-state index is 0.454. The van der Waals surface area contributed by atoms with E-state index in [1.54, 1.807) is 11.3 Å². The van der Waals surface area contributed by atoms with E-state index in [4.69, 9.17) is 16.3 Å². The standard InChI is InChI=1S/C13H16ClN3OS/c1-2-9-8-18-5-4-17(9)7-11-15-12(14)10-3-6-19-13(10)16-11/h3,6,9H,2,4-5,7-8H2,1H3. The van der Waals surface area contributed by atoms with E-state index in [1.807, 2.05) is 11.4 Å². The van der Waals surface area contributed by atoms with Crippen LogP contribution in [-0.4, -0.2) is 40.7 Å². The SMILES string of the molecule is CCC1COCCN1Cc1nc(Cl)c2ccsc2n1. The average Bonchev–Trinajstić information content (AvgIpc) is 2.88. The number of thiophene rings is 1. The maximum absolute atomic E-state index is 6.20. The van der Waals surface area contributed by atoms with Crippen molar-refractivity contribution in [2.45, 2.75) is 25.9 Å². The molecule has 1 fully saturated rings. The highest BCUT2D eigenvalue weighted by Crippen LogP contribution is 2.25. The van der Waals surface area contributed by atoms with Crippen molar-refractivity contribution in [3.05, 3.63) is 22.4 Å².